The first-order chi connectivity index (χ1) is 14.4. The topological polar surface area (TPSA) is 58.6 Å². The maximum atomic E-state index is 12.2. The number of nitrogens with one attached hydrogen (secondary N) is 1. The average molecular weight is 444 g/mol. The highest BCUT2D eigenvalue weighted by molar-refractivity contribution is 7.99. The third kappa shape index (κ3) is 7.49. The third-order valence-corrected chi connectivity index (χ3v) is 6.19. The molecule has 2 aromatic carbocycles. The Kier molecular flexibility index (Phi) is 8.47. The Bertz CT molecular complexity index is 842. The van der Waals surface area contributed by atoms with Crippen LogP contribution in [0.1, 0.15) is 64.7 Å². The number of aryl methyl sites for hydroxylation is 1. The SMILES string of the molecule is COc1ccc(NC(=O)CSCCCc2cc(C(C)(C)C)c(O)c(C(C)(C)C)c2)cc1. The number of methoxy groups -OCH3 is 1. The van der Waals surface area contributed by atoms with Crippen molar-refractivity contribution in [3.05, 3.63) is 53.1 Å². The van der Waals surface area contributed by atoms with E-state index in [1.54, 1.807) is 18.9 Å². The molecular formula is C26H37NO3S. The van der Waals surface area contributed by atoms with Gasteiger partial charge in [0.1, 0.15) is 11.5 Å². The molecule has 0 atom stereocenters. The van der Waals surface area contributed by atoms with Gasteiger partial charge < -0.3 is 15.2 Å². The van der Waals surface area contributed by atoms with Gasteiger partial charge in [0.05, 0.1) is 12.9 Å². The van der Waals surface area contributed by atoms with Gasteiger partial charge in [0.25, 0.3) is 0 Å². The number of hydrogen-bond donors (Lipinski definition) is 2. The lowest BCUT2D eigenvalue weighted by molar-refractivity contribution is -0.113. The number of phenolic OH excluding ortho intramolecular Hbond substituents is 1. The first-order valence-corrected chi connectivity index (χ1v) is 12.0. The zero-order chi connectivity index (χ0) is 23.2. The summed E-state index contributed by atoms with van der Waals surface area (Å²) in [6, 6.07) is 11.6. The summed E-state index contributed by atoms with van der Waals surface area (Å²) in [5.74, 6) is 2.54. The number of amides is 1. The van der Waals surface area contributed by atoms with Crippen molar-refractivity contribution in [1.82, 2.24) is 0 Å². The molecule has 0 saturated carbocycles. The standard InChI is InChI=1S/C26H37NO3S/c1-25(2,3)21-15-18(16-22(24(21)29)26(4,5)6)9-8-14-31-17-23(28)27-19-10-12-20(30-7)13-11-19/h10-13,15-16,29H,8-9,14,17H2,1-7H3,(H,27,28). The van der Waals surface area contributed by atoms with Crippen LogP contribution in [0, 0.1) is 0 Å². The van der Waals surface area contributed by atoms with Crippen LogP contribution < -0.4 is 10.1 Å². The number of hydrogen-bond acceptors (Lipinski definition) is 4. The molecule has 0 heterocycles. The van der Waals surface area contributed by atoms with Gasteiger partial charge in [-0.05, 0) is 70.4 Å². The highest BCUT2D eigenvalue weighted by Gasteiger charge is 2.26. The molecule has 170 valence electrons. The minimum Gasteiger partial charge on any atom is -0.507 e. The largest absolute Gasteiger partial charge is 0.507 e. The molecule has 31 heavy (non-hydrogen) atoms. The van der Waals surface area contributed by atoms with Gasteiger partial charge in [0, 0.05) is 5.69 Å². The first kappa shape index (κ1) is 25.1. The summed E-state index contributed by atoms with van der Waals surface area (Å²) < 4.78 is 5.13. The number of ether oxygens (including phenoxy) is 1. The van der Waals surface area contributed by atoms with Gasteiger partial charge in [-0.15, -0.1) is 0 Å². The molecule has 0 unspecified atom stereocenters. The van der Waals surface area contributed by atoms with E-state index < -0.39 is 0 Å². The van der Waals surface area contributed by atoms with E-state index in [0.717, 1.165) is 41.2 Å². The number of benzene rings is 2. The Morgan fingerprint density at radius 3 is 2.03 bits per heavy atom. The van der Waals surface area contributed by atoms with Gasteiger partial charge >= 0.3 is 0 Å². The van der Waals surface area contributed by atoms with Gasteiger partial charge in [-0.2, -0.15) is 11.8 Å². The second-order valence-electron chi connectivity index (χ2n) is 9.97. The number of carbonyl (C=O) groups is 1. The maximum Gasteiger partial charge on any atom is 0.234 e. The second-order valence-corrected chi connectivity index (χ2v) is 11.1. The highest BCUT2D eigenvalue weighted by atomic mass is 32.2. The molecule has 0 aliphatic rings. The van der Waals surface area contributed by atoms with E-state index in [9.17, 15) is 9.90 Å². The van der Waals surface area contributed by atoms with E-state index in [4.69, 9.17) is 4.74 Å². The van der Waals surface area contributed by atoms with Crippen molar-refractivity contribution in [2.75, 3.05) is 23.9 Å². The average Bonchev–Trinajstić information content (AvgIpc) is 2.67. The van der Waals surface area contributed by atoms with E-state index in [0.29, 0.717) is 11.5 Å². The predicted octanol–water partition coefficient (Wildman–Crippen LogP) is 6.30. The predicted molar refractivity (Wildman–Crippen MR) is 133 cm³/mol. The van der Waals surface area contributed by atoms with Crippen molar-refractivity contribution >= 4 is 23.4 Å². The Hall–Kier alpha value is -2.14. The van der Waals surface area contributed by atoms with E-state index in [2.05, 4.69) is 59.0 Å². The number of thioether (sulfide) groups is 1. The fourth-order valence-electron chi connectivity index (χ4n) is 3.40. The van der Waals surface area contributed by atoms with Crippen molar-refractivity contribution in [2.24, 2.45) is 0 Å². The normalized spacial score (nSPS) is 12.0. The molecule has 0 fully saturated rings. The fourth-order valence-corrected chi connectivity index (χ4v) is 4.15. The Labute approximate surface area is 191 Å². The Morgan fingerprint density at radius 1 is 1.00 bits per heavy atom. The summed E-state index contributed by atoms with van der Waals surface area (Å²) in [4.78, 5) is 12.2. The van der Waals surface area contributed by atoms with Gasteiger partial charge in [0.15, 0.2) is 0 Å². The van der Waals surface area contributed by atoms with Crippen LogP contribution >= 0.6 is 11.8 Å². The summed E-state index contributed by atoms with van der Waals surface area (Å²) in [6.07, 6.45) is 1.91. The number of carbonyl (C=O) groups excluding carboxylic acids is 1. The minimum atomic E-state index is -0.117. The monoisotopic (exact) mass is 443 g/mol. The molecule has 0 saturated heterocycles. The fraction of sp³-hybridized carbons (Fsp3) is 0.500. The van der Waals surface area contributed by atoms with E-state index in [1.807, 2.05) is 24.3 Å². The molecule has 0 radical (unpaired) electrons. The number of aromatic hydroxyl groups is 1. The highest BCUT2D eigenvalue weighted by Crippen LogP contribution is 2.40. The molecule has 5 heteroatoms. The van der Waals surface area contributed by atoms with Crippen molar-refractivity contribution in [2.45, 2.75) is 65.2 Å². The molecular weight excluding hydrogens is 406 g/mol. The van der Waals surface area contributed by atoms with E-state index >= 15 is 0 Å². The van der Waals surface area contributed by atoms with Crippen molar-refractivity contribution in [1.29, 1.82) is 0 Å². The molecule has 0 bridgehead atoms. The van der Waals surface area contributed by atoms with Crippen LogP contribution in [-0.2, 0) is 22.0 Å². The van der Waals surface area contributed by atoms with E-state index in [1.165, 1.54) is 5.56 Å². The molecule has 0 aliphatic carbocycles. The van der Waals surface area contributed by atoms with E-state index in [-0.39, 0.29) is 16.7 Å². The molecule has 2 rings (SSSR count). The van der Waals surface area contributed by atoms with Crippen LogP contribution in [0.4, 0.5) is 5.69 Å². The quantitative estimate of drug-likeness (QED) is 0.470. The zero-order valence-electron chi connectivity index (χ0n) is 20.0. The van der Waals surface area contributed by atoms with Gasteiger partial charge in [0.2, 0.25) is 5.91 Å². The van der Waals surface area contributed by atoms with Crippen LogP contribution in [0.3, 0.4) is 0 Å². The summed E-state index contributed by atoms with van der Waals surface area (Å²) in [7, 11) is 1.62. The van der Waals surface area contributed by atoms with Gasteiger partial charge in [-0.3, -0.25) is 4.79 Å². The number of phenols is 1. The van der Waals surface area contributed by atoms with Crippen LogP contribution in [0.15, 0.2) is 36.4 Å². The molecule has 1 amide bonds. The molecule has 0 aliphatic heterocycles. The van der Waals surface area contributed by atoms with Crippen LogP contribution in [0.5, 0.6) is 11.5 Å². The Balaban J connectivity index is 1.89. The summed E-state index contributed by atoms with van der Waals surface area (Å²) in [5, 5.41) is 13.8. The lowest BCUT2D eigenvalue weighted by Gasteiger charge is -2.28. The number of anilines is 1. The van der Waals surface area contributed by atoms with Gasteiger partial charge in [-0.25, -0.2) is 0 Å². The first-order valence-electron chi connectivity index (χ1n) is 10.8. The molecule has 4 nitrogen and oxygen atoms in total. The number of rotatable bonds is 8. The zero-order valence-corrected chi connectivity index (χ0v) is 20.8. The van der Waals surface area contributed by atoms with Crippen LogP contribution in [0.25, 0.3) is 0 Å². The molecule has 2 aromatic rings. The molecule has 2 N–H and O–H groups in total. The van der Waals surface area contributed by atoms with Crippen LogP contribution in [-0.4, -0.2) is 29.6 Å². The second kappa shape index (κ2) is 10.4. The molecule has 0 aromatic heterocycles. The summed E-state index contributed by atoms with van der Waals surface area (Å²) in [5.41, 5.74) is 3.79. The molecule has 0 spiro atoms. The Morgan fingerprint density at radius 2 is 1.55 bits per heavy atom. The minimum absolute atomic E-state index is 0.00448. The van der Waals surface area contributed by atoms with Crippen molar-refractivity contribution < 1.29 is 14.6 Å². The van der Waals surface area contributed by atoms with Crippen molar-refractivity contribution in [3.63, 3.8) is 0 Å². The summed E-state index contributed by atoms with van der Waals surface area (Å²) in [6.45, 7) is 12.8. The van der Waals surface area contributed by atoms with Gasteiger partial charge in [-0.1, -0.05) is 53.7 Å². The van der Waals surface area contributed by atoms with Crippen LogP contribution in [0.2, 0.25) is 0 Å². The summed E-state index contributed by atoms with van der Waals surface area (Å²) >= 11 is 1.64. The lowest BCUT2D eigenvalue weighted by Crippen LogP contribution is -2.18. The third-order valence-electron chi connectivity index (χ3n) is 5.15. The van der Waals surface area contributed by atoms with Crippen molar-refractivity contribution in [3.8, 4) is 11.5 Å². The smallest absolute Gasteiger partial charge is 0.234 e. The maximum absolute atomic E-state index is 12.2. The lowest BCUT2D eigenvalue weighted by atomic mass is 9.78.